The molecule has 1 heterocycles. The summed E-state index contributed by atoms with van der Waals surface area (Å²) >= 11 is 0. The van der Waals surface area contributed by atoms with Gasteiger partial charge in [0.15, 0.2) is 5.96 Å². The lowest BCUT2D eigenvalue weighted by Gasteiger charge is -2.34. The molecule has 0 saturated carbocycles. The van der Waals surface area contributed by atoms with E-state index in [4.69, 9.17) is 4.74 Å². The molecule has 150 valence electrons. The van der Waals surface area contributed by atoms with Crippen molar-refractivity contribution in [3.8, 4) is 0 Å². The number of nitrogens with zero attached hydrogens (tertiary/aromatic N) is 2. The number of methoxy groups -OCH3 is 1. The Morgan fingerprint density at radius 2 is 1.96 bits per heavy atom. The van der Waals surface area contributed by atoms with Crippen LogP contribution in [0.15, 0.2) is 4.99 Å². The summed E-state index contributed by atoms with van der Waals surface area (Å²) in [5.74, 6) is 2.33. The Morgan fingerprint density at radius 3 is 2.48 bits per heavy atom. The Bertz CT molecular complexity index is 382. The van der Waals surface area contributed by atoms with Gasteiger partial charge in [0.05, 0.1) is 6.10 Å². The lowest BCUT2D eigenvalue weighted by Crippen LogP contribution is -2.48. The Morgan fingerprint density at radius 1 is 1.28 bits per heavy atom. The van der Waals surface area contributed by atoms with E-state index in [0.29, 0.717) is 5.92 Å². The van der Waals surface area contributed by atoms with E-state index in [2.05, 4.69) is 55.1 Å². The highest BCUT2D eigenvalue weighted by Crippen LogP contribution is 2.21. The van der Waals surface area contributed by atoms with E-state index >= 15 is 0 Å². The first-order chi connectivity index (χ1) is 11.3. The normalized spacial score (nSPS) is 21.0. The smallest absolute Gasteiger partial charge is 0.191 e. The molecular weight excluding hydrogens is 427 g/mol. The summed E-state index contributed by atoms with van der Waals surface area (Å²) in [5, 5.41) is 6.91. The number of nitrogens with one attached hydrogen (secondary N) is 2. The van der Waals surface area contributed by atoms with Gasteiger partial charge in [0.2, 0.25) is 0 Å². The molecule has 0 aromatic carbocycles. The predicted molar refractivity (Wildman–Crippen MR) is 119 cm³/mol. The molecule has 0 radical (unpaired) electrons. The number of rotatable bonds is 7. The number of aliphatic imine (C=N–C) groups is 1. The van der Waals surface area contributed by atoms with Gasteiger partial charge in [0, 0.05) is 40.3 Å². The van der Waals surface area contributed by atoms with E-state index in [1.807, 2.05) is 7.05 Å². The summed E-state index contributed by atoms with van der Waals surface area (Å²) in [6.45, 7) is 16.6. The Labute approximate surface area is 172 Å². The zero-order valence-corrected chi connectivity index (χ0v) is 19.7. The zero-order valence-electron chi connectivity index (χ0n) is 17.4. The summed E-state index contributed by atoms with van der Waals surface area (Å²) < 4.78 is 5.60. The second-order valence-electron chi connectivity index (χ2n) is 8.59. The van der Waals surface area contributed by atoms with Gasteiger partial charge in [-0.3, -0.25) is 4.99 Å². The largest absolute Gasteiger partial charge is 0.379 e. The summed E-state index contributed by atoms with van der Waals surface area (Å²) in [7, 11) is 3.61. The molecule has 2 atom stereocenters. The fourth-order valence-corrected chi connectivity index (χ4v) is 3.39. The summed E-state index contributed by atoms with van der Waals surface area (Å²) in [6, 6.07) is 0. The first-order valence-corrected chi connectivity index (χ1v) is 9.46. The van der Waals surface area contributed by atoms with Gasteiger partial charge in [-0.25, -0.2) is 0 Å². The predicted octanol–water partition coefficient (Wildman–Crippen LogP) is 3.20. The quantitative estimate of drug-likeness (QED) is 0.342. The molecule has 2 unspecified atom stereocenters. The molecule has 5 nitrogen and oxygen atoms in total. The molecule has 0 bridgehead atoms. The van der Waals surface area contributed by atoms with Crippen molar-refractivity contribution in [1.82, 2.24) is 15.5 Å². The van der Waals surface area contributed by atoms with Crippen LogP contribution >= 0.6 is 24.0 Å². The molecule has 0 amide bonds. The van der Waals surface area contributed by atoms with Crippen LogP contribution in [0.2, 0.25) is 0 Å². The van der Waals surface area contributed by atoms with E-state index in [1.54, 1.807) is 7.11 Å². The minimum absolute atomic E-state index is 0. The van der Waals surface area contributed by atoms with Gasteiger partial charge in [-0.2, -0.15) is 0 Å². The second kappa shape index (κ2) is 12.3. The van der Waals surface area contributed by atoms with Gasteiger partial charge in [0.1, 0.15) is 0 Å². The zero-order chi connectivity index (χ0) is 18.2. The molecule has 0 spiro atoms. The first-order valence-electron chi connectivity index (χ1n) is 9.46. The summed E-state index contributed by atoms with van der Waals surface area (Å²) in [6.07, 6.45) is 2.77. The van der Waals surface area contributed by atoms with Crippen molar-refractivity contribution >= 4 is 29.9 Å². The van der Waals surface area contributed by atoms with Crippen molar-refractivity contribution < 1.29 is 4.74 Å². The summed E-state index contributed by atoms with van der Waals surface area (Å²) in [4.78, 5) is 6.96. The highest BCUT2D eigenvalue weighted by Gasteiger charge is 2.25. The number of halogens is 1. The van der Waals surface area contributed by atoms with E-state index in [1.165, 1.54) is 32.5 Å². The third-order valence-corrected chi connectivity index (χ3v) is 4.71. The molecule has 25 heavy (non-hydrogen) atoms. The van der Waals surface area contributed by atoms with Crippen LogP contribution in [0.3, 0.4) is 0 Å². The number of guanidine groups is 1. The van der Waals surface area contributed by atoms with E-state index in [9.17, 15) is 0 Å². The number of hydrogen-bond donors (Lipinski definition) is 2. The molecule has 6 heteroatoms. The number of ether oxygens (including phenoxy) is 1. The Hall–Kier alpha value is -0.0800. The lowest BCUT2D eigenvalue weighted by atomic mass is 9.89. The Balaban J connectivity index is 0.00000576. The highest BCUT2D eigenvalue weighted by molar-refractivity contribution is 14.0. The molecule has 1 aliphatic heterocycles. The van der Waals surface area contributed by atoms with Crippen LogP contribution in [-0.4, -0.2) is 63.8 Å². The molecule has 0 aromatic rings. The van der Waals surface area contributed by atoms with Gasteiger partial charge in [-0.05, 0) is 36.6 Å². The summed E-state index contributed by atoms with van der Waals surface area (Å²) in [5.41, 5.74) is 0.112. The van der Waals surface area contributed by atoms with Crippen LogP contribution in [0.25, 0.3) is 0 Å². The fraction of sp³-hybridized carbons (Fsp3) is 0.947. The standard InChI is InChI=1S/C19H40N4O.HI/c1-15(2)13-23-10-8-9-16(14-23)11-21-18(20-6)22-12-17(24-7)19(3,4)5;/h15-17H,8-14H2,1-7H3,(H2,20,21,22);1H. The van der Waals surface area contributed by atoms with E-state index < -0.39 is 0 Å². The monoisotopic (exact) mass is 468 g/mol. The maximum absolute atomic E-state index is 5.60. The lowest BCUT2D eigenvalue weighted by molar-refractivity contribution is 0.0205. The van der Waals surface area contributed by atoms with Gasteiger partial charge < -0.3 is 20.3 Å². The molecule has 1 aliphatic rings. The molecule has 2 N–H and O–H groups in total. The molecule has 1 fully saturated rings. The molecule has 0 aliphatic carbocycles. The van der Waals surface area contributed by atoms with Crippen molar-refractivity contribution in [2.24, 2.45) is 22.2 Å². The third kappa shape index (κ3) is 9.99. The SMILES string of the molecule is CN=C(NCC1CCCN(CC(C)C)C1)NCC(OC)C(C)(C)C.I. The van der Waals surface area contributed by atoms with Crippen molar-refractivity contribution in [3.63, 3.8) is 0 Å². The Kier molecular flexibility index (Phi) is 12.3. The maximum atomic E-state index is 5.60. The maximum Gasteiger partial charge on any atom is 0.191 e. The van der Waals surface area contributed by atoms with Crippen LogP contribution in [0, 0.1) is 17.3 Å². The van der Waals surface area contributed by atoms with E-state index in [0.717, 1.165) is 25.0 Å². The minimum atomic E-state index is 0. The van der Waals surface area contributed by atoms with Crippen LogP contribution < -0.4 is 10.6 Å². The third-order valence-electron chi connectivity index (χ3n) is 4.71. The first kappa shape index (κ1) is 24.9. The fourth-order valence-electron chi connectivity index (χ4n) is 3.39. The number of piperidine rings is 1. The molecule has 1 rings (SSSR count). The van der Waals surface area contributed by atoms with Crippen molar-refractivity contribution in [2.75, 3.05) is 46.9 Å². The number of likely N-dealkylation sites (tertiary alicyclic amines) is 1. The second-order valence-corrected chi connectivity index (χ2v) is 8.59. The average Bonchev–Trinajstić information content (AvgIpc) is 2.49. The molecule has 0 aromatic heterocycles. The topological polar surface area (TPSA) is 48.9 Å². The van der Waals surface area contributed by atoms with Crippen molar-refractivity contribution in [3.05, 3.63) is 0 Å². The van der Waals surface area contributed by atoms with Gasteiger partial charge >= 0.3 is 0 Å². The molecule has 1 saturated heterocycles. The van der Waals surface area contributed by atoms with Crippen LogP contribution in [0.4, 0.5) is 0 Å². The average molecular weight is 468 g/mol. The van der Waals surface area contributed by atoms with Gasteiger partial charge in [-0.15, -0.1) is 24.0 Å². The van der Waals surface area contributed by atoms with Gasteiger partial charge in [-0.1, -0.05) is 34.6 Å². The van der Waals surface area contributed by atoms with E-state index in [-0.39, 0.29) is 35.5 Å². The molecular formula is C19H41IN4O. The van der Waals surface area contributed by atoms with Crippen LogP contribution in [0.1, 0.15) is 47.5 Å². The van der Waals surface area contributed by atoms with Crippen LogP contribution in [-0.2, 0) is 4.74 Å². The highest BCUT2D eigenvalue weighted by atomic mass is 127. The van der Waals surface area contributed by atoms with Gasteiger partial charge in [0.25, 0.3) is 0 Å². The number of hydrogen-bond acceptors (Lipinski definition) is 3. The van der Waals surface area contributed by atoms with Crippen LogP contribution in [0.5, 0.6) is 0 Å². The minimum Gasteiger partial charge on any atom is -0.379 e. The van der Waals surface area contributed by atoms with Crippen molar-refractivity contribution in [2.45, 2.75) is 53.6 Å². The van der Waals surface area contributed by atoms with Crippen molar-refractivity contribution in [1.29, 1.82) is 0 Å².